The van der Waals surface area contributed by atoms with Crippen LogP contribution in [0.15, 0.2) is 41.6 Å². The SMILES string of the molecule is CCC(C)c1ccc(S(=O)(=O)Nc2cn[nH]c2)cc1. The summed E-state index contributed by atoms with van der Waals surface area (Å²) < 4.78 is 26.7. The lowest BCUT2D eigenvalue weighted by atomic mass is 9.99. The van der Waals surface area contributed by atoms with Crippen LogP contribution in [0.3, 0.4) is 0 Å². The van der Waals surface area contributed by atoms with Crippen molar-refractivity contribution >= 4 is 15.7 Å². The van der Waals surface area contributed by atoms with E-state index in [1.54, 1.807) is 12.1 Å². The Labute approximate surface area is 113 Å². The zero-order valence-corrected chi connectivity index (χ0v) is 11.7. The molecule has 0 aliphatic heterocycles. The number of nitrogens with zero attached hydrogens (tertiary/aromatic N) is 1. The number of benzene rings is 1. The third-order valence-electron chi connectivity index (χ3n) is 3.12. The van der Waals surface area contributed by atoms with Gasteiger partial charge in [-0.15, -0.1) is 0 Å². The van der Waals surface area contributed by atoms with E-state index in [4.69, 9.17) is 0 Å². The zero-order chi connectivity index (χ0) is 13.9. The Balaban J connectivity index is 2.21. The van der Waals surface area contributed by atoms with Gasteiger partial charge in [0.05, 0.1) is 16.8 Å². The third-order valence-corrected chi connectivity index (χ3v) is 4.52. The number of nitrogens with one attached hydrogen (secondary N) is 2. The summed E-state index contributed by atoms with van der Waals surface area (Å²) in [4.78, 5) is 0.251. The smallest absolute Gasteiger partial charge is 0.261 e. The Morgan fingerprint density at radius 2 is 2.00 bits per heavy atom. The van der Waals surface area contributed by atoms with Crippen molar-refractivity contribution in [2.24, 2.45) is 0 Å². The Bertz CT molecular complexity index is 618. The van der Waals surface area contributed by atoms with Crippen LogP contribution in [0.1, 0.15) is 31.7 Å². The highest BCUT2D eigenvalue weighted by Crippen LogP contribution is 2.21. The van der Waals surface area contributed by atoms with Gasteiger partial charge in [0.2, 0.25) is 0 Å². The van der Waals surface area contributed by atoms with E-state index in [2.05, 4.69) is 28.8 Å². The monoisotopic (exact) mass is 279 g/mol. The van der Waals surface area contributed by atoms with E-state index < -0.39 is 10.0 Å². The van der Waals surface area contributed by atoms with Crippen molar-refractivity contribution in [1.82, 2.24) is 10.2 Å². The van der Waals surface area contributed by atoms with E-state index in [1.807, 2.05) is 12.1 Å². The van der Waals surface area contributed by atoms with Crippen LogP contribution in [-0.2, 0) is 10.0 Å². The van der Waals surface area contributed by atoms with Crippen molar-refractivity contribution in [2.75, 3.05) is 4.72 Å². The molecule has 0 amide bonds. The molecule has 0 spiro atoms. The van der Waals surface area contributed by atoms with Gasteiger partial charge < -0.3 is 0 Å². The van der Waals surface area contributed by atoms with Crippen LogP contribution in [0, 0.1) is 0 Å². The molecule has 1 aromatic carbocycles. The molecule has 19 heavy (non-hydrogen) atoms. The van der Waals surface area contributed by atoms with Gasteiger partial charge in [-0.25, -0.2) is 8.42 Å². The van der Waals surface area contributed by atoms with Gasteiger partial charge in [0.25, 0.3) is 10.0 Å². The lowest BCUT2D eigenvalue weighted by Crippen LogP contribution is -2.12. The first kappa shape index (κ1) is 13.6. The second kappa shape index (κ2) is 5.44. The number of anilines is 1. The van der Waals surface area contributed by atoms with Crippen molar-refractivity contribution < 1.29 is 8.42 Å². The quantitative estimate of drug-likeness (QED) is 0.883. The zero-order valence-electron chi connectivity index (χ0n) is 10.9. The molecule has 1 atom stereocenters. The van der Waals surface area contributed by atoms with E-state index >= 15 is 0 Å². The van der Waals surface area contributed by atoms with Crippen molar-refractivity contribution in [3.63, 3.8) is 0 Å². The highest BCUT2D eigenvalue weighted by Gasteiger charge is 2.15. The minimum Gasteiger partial charge on any atom is -0.284 e. The molecule has 0 aliphatic carbocycles. The first-order valence-electron chi connectivity index (χ1n) is 6.14. The molecule has 1 unspecified atom stereocenters. The Morgan fingerprint density at radius 1 is 1.32 bits per heavy atom. The Morgan fingerprint density at radius 3 is 2.53 bits per heavy atom. The summed E-state index contributed by atoms with van der Waals surface area (Å²) in [6, 6.07) is 6.98. The average molecular weight is 279 g/mol. The van der Waals surface area contributed by atoms with E-state index in [0.29, 0.717) is 11.6 Å². The van der Waals surface area contributed by atoms with E-state index in [1.165, 1.54) is 12.4 Å². The number of sulfonamides is 1. The van der Waals surface area contributed by atoms with Crippen LogP contribution < -0.4 is 4.72 Å². The standard InChI is InChI=1S/C13H17N3O2S/c1-3-10(2)11-4-6-13(7-5-11)19(17,18)16-12-8-14-15-9-12/h4-10,16H,3H2,1-2H3,(H,14,15). The molecule has 1 heterocycles. The van der Waals surface area contributed by atoms with Crippen LogP contribution in [0.4, 0.5) is 5.69 Å². The fourth-order valence-corrected chi connectivity index (χ4v) is 2.77. The molecule has 2 rings (SSSR count). The maximum Gasteiger partial charge on any atom is 0.261 e. The minimum atomic E-state index is -3.54. The first-order valence-corrected chi connectivity index (χ1v) is 7.63. The number of aromatic nitrogens is 2. The molecule has 2 N–H and O–H groups in total. The summed E-state index contributed by atoms with van der Waals surface area (Å²) >= 11 is 0. The number of H-pyrrole nitrogens is 1. The van der Waals surface area contributed by atoms with Crippen LogP contribution in [-0.4, -0.2) is 18.6 Å². The molecule has 0 saturated heterocycles. The third kappa shape index (κ3) is 3.14. The van der Waals surface area contributed by atoms with Crippen LogP contribution >= 0.6 is 0 Å². The number of rotatable bonds is 5. The summed E-state index contributed by atoms with van der Waals surface area (Å²) in [5, 5.41) is 6.25. The van der Waals surface area contributed by atoms with Gasteiger partial charge in [-0.3, -0.25) is 9.82 Å². The lowest BCUT2D eigenvalue weighted by molar-refractivity contribution is 0.601. The van der Waals surface area contributed by atoms with Gasteiger partial charge in [0.15, 0.2) is 0 Å². The largest absolute Gasteiger partial charge is 0.284 e. The normalized spacial score (nSPS) is 13.2. The second-order valence-electron chi connectivity index (χ2n) is 4.47. The van der Waals surface area contributed by atoms with Crippen LogP contribution in [0.2, 0.25) is 0 Å². The molecule has 0 aliphatic rings. The van der Waals surface area contributed by atoms with E-state index in [9.17, 15) is 8.42 Å². The molecule has 0 radical (unpaired) electrons. The fourth-order valence-electron chi connectivity index (χ4n) is 1.73. The number of hydrogen-bond acceptors (Lipinski definition) is 3. The fraction of sp³-hybridized carbons (Fsp3) is 0.308. The summed E-state index contributed by atoms with van der Waals surface area (Å²) in [6.07, 6.45) is 3.94. The summed E-state index contributed by atoms with van der Waals surface area (Å²) in [6.45, 7) is 4.23. The minimum absolute atomic E-state index is 0.251. The van der Waals surface area contributed by atoms with Crippen molar-refractivity contribution in [1.29, 1.82) is 0 Å². The summed E-state index contributed by atoms with van der Waals surface area (Å²) in [5.41, 5.74) is 1.57. The molecule has 102 valence electrons. The molecule has 0 saturated carbocycles. The topological polar surface area (TPSA) is 74.8 Å². The summed E-state index contributed by atoms with van der Waals surface area (Å²) in [7, 11) is -3.54. The molecular formula is C13H17N3O2S. The van der Waals surface area contributed by atoms with Crippen molar-refractivity contribution in [2.45, 2.75) is 31.1 Å². The highest BCUT2D eigenvalue weighted by atomic mass is 32.2. The number of aromatic amines is 1. The van der Waals surface area contributed by atoms with Crippen molar-refractivity contribution in [3.05, 3.63) is 42.2 Å². The van der Waals surface area contributed by atoms with Gasteiger partial charge in [-0.2, -0.15) is 5.10 Å². The molecule has 0 fully saturated rings. The van der Waals surface area contributed by atoms with Gasteiger partial charge in [-0.05, 0) is 30.0 Å². The second-order valence-corrected chi connectivity index (χ2v) is 6.15. The predicted octanol–water partition coefficient (Wildman–Crippen LogP) is 2.72. The van der Waals surface area contributed by atoms with Crippen LogP contribution in [0.5, 0.6) is 0 Å². The molecule has 6 heteroatoms. The molecule has 2 aromatic rings. The molecule has 5 nitrogen and oxygen atoms in total. The summed E-state index contributed by atoms with van der Waals surface area (Å²) in [5.74, 6) is 0.429. The predicted molar refractivity (Wildman–Crippen MR) is 74.5 cm³/mol. The van der Waals surface area contributed by atoms with E-state index in [-0.39, 0.29) is 4.90 Å². The number of hydrogen-bond donors (Lipinski definition) is 2. The Hall–Kier alpha value is -1.82. The van der Waals surface area contributed by atoms with Crippen LogP contribution in [0.25, 0.3) is 0 Å². The molecule has 0 bridgehead atoms. The average Bonchev–Trinajstić information content (AvgIpc) is 2.90. The van der Waals surface area contributed by atoms with Gasteiger partial charge >= 0.3 is 0 Å². The van der Waals surface area contributed by atoms with Gasteiger partial charge in [0.1, 0.15) is 0 Å². The van der Waals surface area contributed by atoms with Gasteiger partial charge in [-0.1, -0.05) is 26.0 Å². The molecular weight excluding hydrogens is 262 g/mol. The maximum absolute atomic E-state index is 12.1. The first-order chi connectivity index (χ1) is 9.03. The Kier molecular flexibility index (Phi) is 3.90. The van der Waals surface area contributed by atoms with Crippen molar-refractivity contribution in [3.8, 4) is 0 Å². The molecule has 1 aromatic heterocycles. The highest BCUT2D eigenvalue weighted by molar-refractivity contribution is 7.92. The van der Waals surface area contributed by atoms with Gasteiger partial charge in [0, 0.05) is 6.20 Å². The van der Waals surface area contributed by atoms with E-state index in [0.717, 1.165) is 12.0 Å². The lowest BCUT2D eigenvalue weighted by Gasteiger charge is -2.10. The maximum atomic E-state index is 12.1.